The van der Waals surface area contributed by atoms with Gasteiger partial charge >= 0.3 is 0 Å². The maximum Gasteiger partial charge on any atom is 0.280 e. The van der Waals surface area contributed by atoms with E-state index in [0.717, 1.165) is 30.7 Å². The second-order valence-electron chi connectivity index (χ2n) is 8.30. The van der Waals surface area contributed by atoms with Crippen LogP contribution in [0.3, 0.4) is 0 Å². The van der Waals surface area contributed by atoms with Gasteiger partial charge in [-0.25, -0.2) is 8.78 Å². The van der Waals surface area contributed by atoms with Crippen LogP contribution < -0.4 is 4.90 Å². The molecule has 0 bridgehead atoms. The summed E-state index contributed by atoms with van der Waals surface area (Å²) in [5.74, 6) is 0.0414. The lowest BCUT2D eigenvalue weighted by atomic mass is 10.0. The van der Waals surface area contributed by atoms with Gasteiger partial charge in [0.2, 0.25) is 5.91 Å². The van der Waals surface area contributed by atoms with Gasteiger partial charge in [0.25, 0.3) is 6.43 Å². The van der Waals surface area contributed by atoms with Crippen molar-refractivity contribution in [2.75, 3.05) is 18.0 Å². The summed E-state index contributed by atoms with van der Waals surface area (Å²) in [6, 6.07) is 3.17. The Morgan fingerprint density at radius 1 is 1.21 bits per heavy atom. The van der Waals surface area contributed by atoms with E-state index in [9.17, 15) is 13.6 Å². The van der Waals surface area contributed by atoms with E-state index in [0.29, 0.717) is 31.9 Å². The molecule has 1 saturated heterocycles. The van der Waals surface area contributed by atoms with Crippen LogP contribution in [-0.2, 0) is 30.7 Å². The number of alkyl halides is 2. The van der Waals surface area contributed by atoms with Gasteiger partial charge in [0, 0.05) is 37.2 Å². The standard InChI is InChI=1S/C22H24F2N4O/c1-13-16-3-2-4-17(16)18-11-28(12-20(18)26-13)22(29)14-6-8-27(10-14)15-5-7-25-19(9-15)21(23)24/h5,7,9,14,21H,2-4,6,8,10-12H2,1H3/t14-/m1/s1. The second kappa shape index (κ2) is 7.04. The number of carbonyl (C=O) groups is 1. The number of anilines is 1. The summed E-state index contributed by atoms with van der Waals surface area (Å²) in [6.07, 6.45) is 2.93. The SMILES string of the molecule is Cc1nc2c(c3c1CCC3)CN(C(=O)[C@@H]1CCN(c3ccnc(C(F)F)c3)C1)C2. The molecule has 0 aromatic carbocycles. The molecule has 2 aliphatic heterocycles. The highest BCUT2D eigenvalue weighted by Crippen LogP contribution is 2.35. The Labute approximate surface area is 168 Å². The first kappa shape index (κ1) is 18.5. The van der Waals surface area contributed by atoms with Crippen LogP contribution in [0.15, 0.2) is 18.3 Å². The Morgan fingerprint density at radius 3 is 2.86 bits per heavy atom. The molecule has 4 heterocycles. The van der Waals surface area contributed by atoms with Gasteiger partial charge in [-0.15, -0.1) is 0 Å². The van der Waals surface area contributed by atoms with Crippen LogP contribution in [-0.4, -0.2) is 33.9 Å². The molecule has 2 aromatic rings. The lowest BCUT2D eigenvalue weighted by Crippen LogP contribution is -2.34. The molecular formula is C22H24F2N4O. The van der Waals surface area contributed by atoms with E-state index in [1.165, 1.54) is 35.4 Å². The van der Waals surface area contributed by atoms with Crippen LogP contribution >= 0.6 is 0 Å². The van der Waals surface area contributed by atoms with Crippen LogP contribution in [0.2, 0.25) is 0 Å². The van der Waals surface area contributed by atoms with E-state index in [1.54, 1.807) is 6.07 Å². The summed E-state index contributed by atoms with van der Waals surface area (Å²) < 4.78 is 25.9. The first-order valence-electron chi connectivity index (χ1n) is 10.3. The number of nitrogens with zero attached hydrogens (tertiary/aromatic N) is 4. The smallest absolute Gasteiger partial charge is 0.280 e. The van der Waals surface area contributed by atoms with E-state index in [1.807, 2.05) is 9.80 Å². The number of rotatable bonds is 3. The van der Waals surface area contributed by atoms with Crippen molar-refractivity contribution >= 4 is 11.6 Å². The van der Waals surface area contributed by atoms with Gasteiger partial charge in [-0.05, 0) is 61.4 Å². The third-order valence-corrected chi connectivity index (χ3v) is 6.56. The fourth-order valence-electron chi connectivity index (χ4n) is 5.10. The molecule has 152 valence electrons. The zero-order valence-electron chi connectivity index (χ0n) is 16.5. The van der Waals surface area contributed by atoms with Crippen molar-refractivity contribution in [3.63, 3.8) is 0 Å². The number of aryl methyl sites for hydroxylation is 1. The van der Waals surface area contributed by atoms with Gasteiger partial charge in [0.15, 0.2) is 0 Å². The number of fused-ring (bicyclic) bond motifs is 3. The summed E-state index contributed by atoms with van der Waals surface area (Å²) in [4.78, 5) is 25.7. The molecule has 3 aliphatic rings. The zero-order valence-corrected chi connectivity index (χ0v) is 16.5. The Kier molecular flexibility index (Phi) is 4.48. The Hall–Kier alpha value is -2.57. The zero-order chi connectivity index (χ0) is 20.1. The molecule has 1 atom stereocenters. The molecular weight excluding hydrogens is 374 g/mol. The van der Waals surface area contributed by atoms with Crippen molar-refractivity contribution in [3.05, 3.63) is 52.1 Å². The fourth-order valence-corrected chi connectivity index (χ4v) is 5.10. The van der Waals surface area contributed by atoms with Crippen molar-refractivity contribution in [2.45, 2.75) is 52.1 Å². The third kappa shape index (κ3) is 3.16. The van der Waals surface area contributed by atoms with Gasteiger partial charge in [0.05, 0.1) is 18.2 Å². The largest absolute Gasteiger partial charge is 0.371 e. The average Bonchev–Trinajstić information content (AvgIpc) is 3.45. The maximum atomic E-state index is 13.2. The highest BCUT2D eigenvalue weighted by atomic mass is 19.3. The summed E-state index contributed by atoms with van der Waals surface area (Å²) in [6.45, 7) is 4.57. The Balaban J connectivity index is 1.29. The van der Waals surface area contributed by atoms with Crippen LogP contribution in [0, 0.1) is 12.8 Å². The number of hydrogen-bond donors (Lipinski definition) is 0. The molecule has 0 saturated carbocycles. The maximum absolute atomic E-state index is 13.2. The molecule has 0 spiro atoms. The summed E-state index contributed by atoms with van der Waals surface area (Å²) >= 11 is 0. The first-order chi connectivity index (χ1) is 14.0. The van der Waals surface area contributed by atoms with E-state index < -0.39 is 6.43 Å². The third-order valence-electron chi connectivity index (χ3n) is 6.56. The first-order valence-corrected chi connectivity index (χ1v) is 10.3. The lowest BCUT2D eigenvalue weighted by molar-refractivity contribution is -0.135. The van der Waals surface area contributed by atoms with Gasteiger partial charge in [-0.2, -0.15) is 0 Å². The molecule has 0 radical (unpaired) electrons. The normalized spacial score (nSPS) is 20.5. The highest BCUT2D eigenvalue weighted by Gasteiger charge is 2.36. The van der Waals surface area contributed by atoms with E-state index in [-0.39, 0.29) is 17.5 Å². The van der Waals surface area contributed by atoms with Crippen molar-refractivity contribution < 1.29 is 13.6 Å². The average molecular weight is 398 g/mol. The summed E-state index contributed by atoms with van der Waals surface area (Å²) in [5.41, 5.74) is 6.74. The topological polar surface area (TPSA) is 49.3 Å². The minimum absolute atomic E-state index is 0.110. The lowest BCUT2D eigenvalue weighted by Gasteiger charge is -2.22. The molecule has 2 aromatic heterocycles. The van der Waals surface area contributed by atoms with Crippen LogP contribution in [0.25, 0.3) is 0 Å². The molecule has 1 aliphatic carbocycles. The fraction of sp³-hybridized carbons (Fsp3) is 0.500. The molecule has 1 fully saturated rings. The summed E-state index contributed by atoms with van der Waals surface area (Å²) in [5, 5.41) is 0. The predicted octanol–water partition coefficient (Wildman–Crippen LogP) is 3.58. The van der Waals surface area contributed by atoms with Crippen molar-refractivity contribution in [3.8, 4) is 0 Å². The van der Waals surface area contributed by atoms with Gasteiger partial charge < -0.3 is 9.80 Å². The molecule has 7 heteroatoms. The van der Waals surface area contributed by atoms with Gasteiger partial charge in [-0.1, -0.05) is 0 Å². The number of pyridine rings is 2. The molecule has 5 rings (SSSR count). The molecule has 5 nitrogen and oxygen atoms in total. The Morgan fingerprint density at radius 2 is 2.03 bits per heavy atom. The summed E-state index contributed by atoms with van der Waals surface area (Å²) in [7, 11) is 0. The number of hydrogen-bond acceptors (Lipinski definition) is 4. The predicted molar refractivity (Wildman–Crippen MR) is 105 cm³/mol. The molecule has 0 N–H and O–H groups in total. The minimum Gasteiger partial charge on any atom is -0.371 e. The number of aromatic nitrogens is 2. The molecule has 29 heavy (non-hydrogen) atoms. The Bertz CT molecular complexity index is 978. The van der Waals surface area contributed by atoms with E-state index >= 15 is 0 Å². The minimum atomic E-state index is -2.59. The molecule has 0 unspecified atom stereocenters. The van der Waals surface area contributed by atoms with Crippen LogP contribution in [0.4, 0.5) is 14.5 Å². The number of carbonyl (C=O) groups excluding carboxylic acids is 1. The van der Waals surface area contributed by atoms with Crippen molar-refractivity contribution in [2.24, 2.45) is 5.92 Å². The van der Waals surface area contributed by atoms with Crippen LogP contribution in [0.5, 0.6) is 0 Å². The quantitative estimate of drug-likeness (QED) is 0.793. The van der Waals surface area contributed by atoms with E-state index in [4.69, 9.17) is 4.98 Å². The molecule has 1 amide bonds. The van der Waals surface area contributed by atoms with Crippen molar-refractivity contribution in [1.82, 2.24) is 14.9 Å². The van der Waals surface area contributed by atoms with Crippen LogP contribution in [0.1, 0.15) is 53.0 Å². The number of amides is 1. The monoisotopic (exact) mass is 398 g/mol. The van der Waals surface area contributed by atoms with Crippen molar-refractivity contribution in [1.29, 1.82) is 0 Å². The van der Waals surface area contributed by atoms with Gasteiger partial charge in [-0.3, -0.25) is 14.8 Å². The van der Waals surface area contributed by atoms with Gasteiger partial charge in [0.1, 0.15) is 5.69 Å². The second-order valence-corrected chi connectivity index (χ2v) is 8.30. The number of halogens is 2. The highest BCUT2D eigenvalue weighted by molar-refractivity contribution is 5.81. The van der Waals surface area contributed by atoms with E-state index in [2.05, 4.69) is 11.9 Å².